The third kappa shape index (κ3) is 3.39. The van der Waals surface area contributed by atoms with Gasteiger partial charge in [0, 0.05) is 25.7 Å². The quantitative estimate of drug-likeness (QED) is 0.909. The van der Waals surface area contributed by atoms with Crippen molar-refractivity contribution in [3.8, 4) is 11.3 Å². The predicted octanol–water partition coefficient (Wildman–Crippen LogP) is 2.10. The molecule has 0 fully saturated rings. The third-order valence-electron chi connectivity index (χ3n) is 2.83. The van der Waals surface area contributed by atoms with Gasteiger partial charge >= 0.3 is 0 Å². The zero-order valence-electron chi connectivity index (χ0n) is 11.1. The van der Waals surface area contributed by atoms with Crippen molar-refractivity contribution >= 4 is 17.4 Å². The normalized spacial score (nSPS) is 10.4. The molecule has 0 saturated carbocycles. The molecular formula is C14H17N3OS. The van der Waals surface area contributed by atoms with Crippen LogP contribution in [0.15, 0.2) is 36.4 Å². The summed E-state index contributed by atoms with van der Waals surface area (Å²) in [5.74, 6) is 0.0231. The number of hydrogen-bond acceptors (Lipinski definition) is 4. The zero-order chi connectivity index (χ0) is 13.7. The van der Waals surface area contributed by atoms with Gasteiger partial charge in [-0.3, -0.25) is 4.79 Å². The molecule has 1 aromatic heterocycles. The fourth-order valence-electron chi connectivity index (χ4n) is 1.69. The molecular weight excluding hydrogens is 258 g/mol. The Morgan fingerprint density at radius 2 is 2.11 bits per heavy atom. The van der Waals surface area contributed by atoms with E-state index < -0.39 is 0 Å². The van der Waals surface area contributed by atoms with Gasteiger partial charge in [-0.05, 0) is 24.6 Å². The van der Waals surface area contributed by atoms with E-state index in [9.17, 15) is 4.79 Å². The van der Waals surface area contributed by atoms with Crippen LogP contribution in [0, 0.1) is 0 Å². The number of nitrogens with one attached hydrogen (secondary N) is 1. The van der Waals surface area contributed by atoms with Gasteiger partial charge in [0.15, 0.2) is 0 Å². The molecule has 1 heterocycles. The van der Waals surface area contributed by atoms with Crippen molar-refractivity contribution in [3.63, 3.8) is 0 Å². The largest absolute Gasteiger partial charge is 0.340 e. The molecule has 0 bridgehead atoms. The number of rotatable bonds is 5. The fraction of sp³-hybridized carbons (Fsp3) is 0.286. The number of benzene rings is 1. The highest BCUT2D eigenvalue weighted by Crippen LogP contribution is 2.22. The molecule has 4 nitrogen and oxygen atoms in total. The van der Waals surface area contributed by atoms with Crippen LogP contribution in [0.2, 0.25) is 0 Å². The second-order valence-corrected chi connectivity index (χ2v) is 5.08. The Balaban J connectivity index is 2.11. The fourth-order valence-corrected chi connectivity index (χ4v) is 2.44. The Morgan fingerprint density at radius 1 is 1.37 bits per heavy atom. The van der Waals surface area contributed by atoms with E-state index in [4.69, 9.17) is 0 Å². The number of carbonyl (C=O) groups excluding carboxylic acids is 1. The van der Waals surface area contributed by atoms with Crippen molar-refractivity contribution < 1.29 is 4.79 Å². The average Bonchev–Trinajstić information content (AvgIpc) is 2.94. The summed E-state index contributed by atoms with van der Waals surface area (Å²) in [6, 6.07) is 11.7. The molecule has 0 aliphatic heterocycles. The van der Waals surface area contributed by atoms with Gasteiger partial charge in [0.1, 0.15) is 4.88 Å². The average molecular weight is 275 g/mol. The minimum absolute atomic E-state index is 0.0231. The summed E-state index contributed by atoms with van der Waals surface area (Å²) in [5, 5.41) is 3.03. The smallest absolute Gasteiger partial charge is 0.265 e. The first-order valence-corrected chi connectivity index (χ1v) is 6.92. The third-order valence-corrected chi connectivity index (χ3v) is 3.61. The van der Waals surface area contributed by atoms with Crippen molar-refractivity contribution in [2.45, 2.75) is 0 Å². The summed E-state index contributed by atoms with van der Waals surface area (Å²) < 4.78 is 4.35. The molecule has 1 aromatic carbocycles. The van der Waals surface area contributed by atoms with Gasteiger partial charge in [0.05, 0.1) is 5.69 Å². The highest BCUT2D eigenvalue weighted by molar-refractivity contribution is 7.08. The molecule has 0 aliphatic rings. The first kappa shape index (κ1) is 13.7. The Labute approximate surface area is 117 Å². The highest BCUT2D eigenvalue weighted by atomic mass is 32.1. The van der Waals surface area contributed by atoms with Crippen LogP contribution >= 0.6 is 11.5 Å². The molecule has 5 heteroatoms. The lowest BCUT2D eigenvalue weighted by molar-refractivity contribution is 0.0801. The minimum atomic E-state index is 0.0231. The molecule has 0 saturated heterocycles. The number of likely N-dealkylation sites (N-methyl/N-ethyl adjacent to an activating group) is 2. The second-order valence-electron chi connectivity index (χ2n) is 4.27. The first-order chi connectivity index (χ1) is 9.22. The molecule has 0 unspecified atom stereocenters. The maximum absolute atomic E-state index is 12.2. The number of hydrogen-bond donors (Lipinski definition) is 1. The molecule has 0 aliphatic carbocycles. The maximum Gasteiger partial charge on any atom is 0.265 e. The van der Waals surface area contributed by atoms with Gasteiger partial charge in [-0.2, -0.15) is 4.37 Å². The van der Waals surface area contributed by atoms with E-state index in [0.717, 1.165) is 17.8 Å². The number of nitrogens with zero attached hydrogens (tertiary/aromatic N) is 2. The van der Waals surface area contributed by atoms with E-state index in [1.807, 2.05) is 50.5 Å². The summed E-state index contributed by atoms with van der Waals surface area (Å²) >= 11 is 1.25. The van der Waals surface area contributed by atoms with Crippen LogP contribution in [0.1, 0.15) is 9.67 Å². The summed E-state index contributed by atoms with van der Waals surface area (Å²) in [6.45, 7) is 1.47. The predicted molar refractivity (Wildman–Crippen MR) is 78.4 cm³/mol. The Morgan fingerprint density at radius 3 is 2.79 bits per heavy atom. The SMILES string of the molecule is CNCCN(C)C(=O)c1cc(-c2ccccc2)ns1. The summed E-state index contributed by atoms with van der Waals surface area (Å²) in [7, 11) is 3.68. The van der Waals surface area contributed by atoms with Gasteiger partial charge in [0.25, 0.3) is 5.91 Å². The van der Waals surface area contributed by atoms with Crippen LogP contribution in [0.4, 0.5) is 0 Å². The molecule has 2 rings (SSSR count). The lowest BCUT2D eigenvalue weighted by atomic mass is 10.1. The Kier molecular flexibility index (Phi) is 4.65. The maximum atomic E-state index is 12.2. The molecule has 0 spiro atoms. The van der Waals surface area contributed by atoms with E-state index in [1.165, 1.54) is 11.5 Å². The second kappa shape index (κ2) is 6.45. The van der Waals surface area contributed by atoms with Crippen LogP contribution in [0.5, 0.6) is 0 Å². The molecule has 1 N–H and O–H groups in total. The topological polar surface area (TPSA) is 45.2 Å². The van der Waals surface area contributed by atoms with Crippen molar-refractivity contribution in [2.24, 2.45) is 0 Å². The van der Waals surface area contributed by atoms with Crippen LogP contribution in [0.3, 0.4) is 0 Å². The Hall–Kier alpha value is -1.72. The van der Waals surface area contributed by atoms with Crippen LogP contribution < -0.4 is 5.32 Å². The monoisotopic (exact) mass is 275 g/mol. The molecule has 2 aromatic rings. The van der Waals surface area contributed by atoms with E-state index in [-0.39, 0.29) is 5.91 Å². The molecule has 0 atom stereocenters. The minimum Gasteiger partial charge on any atom is -0.340 e. The number of amides is 1. The van der Waals surface area contributed by atoms with E-state index in [2.05, 4.69) is 9.69 Å². The summed E-state index contributed by atoms with van der Waals surface area (Å²) in [6.07, 6.45) is 0. The van der Waals surface area contributed by atoms with E-state index >= 15 is 0 Å². The van der Waals surface area contributed by atoms with E-state index in [1.54, 1.807) is 4.90 Å². The van der Waals surface area contributed by atoms with Crippen LogP contribution in [0.25, 0.3) is 11.3 Å². The summed E-state index contributed by atoms with van der Waals surface area (Å²) in [5.41, 5.74) is 1.90. The lowest BCUT2D eigenvalue weighted by Crippen LogP contribution is -2.32. The van der Waals surface area contributed by atoms with Gasteiger partial charge in [-0.1, -0.05) is 30.3 Å². The van der Waals surface area contributed by atoms with Crippen LogP contribution in [-0.2, 0) is 0 Å². The summed E-state index contributed by atoms with van der Waals surface area (Å²) in [4.78, 5) is 14.5. The molecule has 1 amide bonds. The molecule has 19 heavy (non-hydrogen) atoms. The van der Waals surface area contributed by atoms with Crippen LogP contribution in [-0.4, -0.2) is 42.4 Å². The van der Waals surface area contributed by atoms with Crippen molar-refractivity contribution in [1.82, 2.24) is 14.6 Å². The lowest BCUT2D eigenvalue weighted by Gasteiger charge is -2.15. The first-order valence-electron chi connectivity index (χ1n) is 6.14. The van der Waals surface area contributed by atoms with Crippen molar-refractivity contribution in [1.29, 1.82) is 0 Å². The molecule has 100 valence electrons. The van der Waals surface area contributed by atoms with Crippen molar-refractivity contribution in [2.75, 3.05) is 27.2 Å². The van der Waals surface area contributed by atoms with E-state index in [0.29, 0.717) is 11.4 Å². The number of aromatic nitrogens is 1. The van der Waals surface area contributed by atoms with Gasteiger partial charge < -0.3 is 10.2 Å². The zero-order valence-corrected chi connectivity index (χ0v) is 11.9. The van der Waals surface area contributed by atoms with Gasteiger partial charge in [-0.25, -0.2) is 0 Å². The van der Waals surface area contributed by atoms with Crippen molar-refractivity contribution in [3.05, 3.63) is 41.3 Å². The number of carbonyl (C=O) groups is 1. The van der Waals surface area contributed by atoms with Gasteiger partial charge in [-0.15, -0.1) is 0 Å². The Bertz CT molecular complexity index is 539. The molecule has 0 radical (unpaired) electrons. The standard InChI is InChI=1S/C14H17N3OS/c1-15-8-9-17(2)14(18)13-10-12(16-19-13)11-6-4-3-5-7-11/h3-7,10,15H,8-9H2,1-2H3. The van der Waals surface area contributed by atoms with Gasteiger partial charge in [0.2, 0.25) is 0 Å². The highest BCUT2D eigenvalue weighted by Gasteiger charge is 2.15.